The van der Waals surface area contributed by atoms with Gasteiger partial charge in [-0.2, -0.15) is 11.3 Å². The molecule has 0 saturated heterocycles. The van der Waals surface area contributed by atoms with Gasteiger partial charge in [-0.25, -0.2) is 0 Å². The van der Waals surface area contributed by atoms with Gasteiger partial charge in [-0.15, -0.1) is 0 Å². The van der Waals surface area contributed by atoms with Crippen LogP contribution >= 0.6 is 11.3 Å². The molecule has 1 fully saturated rings. The number of rotatable bonds is 5. The maximum Gasteiger partial charge on any atom is 0.0242 e. The molecule has 1 N–H and O–H groups in total. The zero-order valence-electron chi connectivity index (χ0n) is 12.1. The second-order valence-corrected chi connectivity index (χ2v) is 7.36. The van der Waals surface area contributed by atoms with Crippen LogP contribution in [-0.4, -0.2) is 30.1 Å². The van der Waals surface area contributed by atoms with E-state index < -0.39 is 0 Å². The average molecular weight is 266 g/mol. The van der Waals surface area contributed by atoms with E-state index >= 15 is 0 Å². The van der Waals surface area contributed by atoms with Gasteiger partial charge in [-0.1, -0.05) is 0 Å². The monoisotopic (exact) mass is 266 g/mol. The van der Waals surface area contributed by atoms with Crippen LogP contribution in [0.3, 0.4) is 0 Å². The minimum Gasteiger partial charge on any atom is -0.312 e. The number of thiophene rings is 1. The average Bonchev–Trinajstić information content (AvgIpc) is 2.66. The lowest BCUT2D eigenvalue weighted by molar-refractivity contribution is 0.0739. The van der Waals surface area contributed by atoms with Gasteiger partial charge in [0.1, 0.15) is 0 Å². The predicted octanol–water partition coefficient (Wildman–Crippen LogP) is 3.35. The van der Waals surface area contributed by atoms with Gasteiger partial charge in [-0.3, -0.25) is 4.90 Å². The van der Waals surface area contributed by atoms with Crippen LogP contribution in [0, 0.1) is 5.92 Å². The molecule has 3 heteroatoms. The SMILES string of the molecule is CN(Cc1ccsc1)C1CCC1CNC(C)(C)C. The topological polar surface area (TPSA) is 15.3 Å². The summed E-state index contributed by atoms with van der Waals surface area (Å²) in [6.07, 6.45) is 2.73. The summed E-state index contributed by atoms with van der Waals surface area (Å²) in [5, 5.41) is 8.07. The number of hydrogen-bond acceptors (Lipinski definition) is 3. The van der Waals surface area contributed by atoms with Crippen molar-refractivity contribution in [1.29, 1.82) is 0 Å². The summed E-state index contributed by atoms with van der Waals surface area (Å²) in [4.78, 5) is 2.53. The summed E-state index contributed by atoms with van der Waals surface area (Å²) in [7, 11) is 2.27. The molecule has 2 unspecified atom stereocenters. The van der Waals surface area contributed by atoms with Crippen molar-refractivity contribution in [2.45, 2.75) is 51.7 Å². The summed E-state index contributed by atoms with van der Waals surface area (Å²) in [6.45, 7) is 8.99. The second kappa shape index (κ2) is 5.72. The van der Waals surface area contributed by atoms with Crippen LogP contribution in [0.15, 0.2) is 16.8 Å². The molecule has 0 bridgehead atoms. The van der Waals surface area contributed by atoms with E-state index in [9.17, 15) is 0 Å². The molecule has 0 aromatic carbocycles. The van der Waals surface area contributed by atoms with Gasteiger partial charge in [0.25, 0.3) is 0 Å². The maximum absolute atomic E-state index is 3.64. The summed E-state index contributed by atoms with van der Waals surface area (Å²) in [5.41, 5.74) is 1.70. The second-order valence-electron chi connectivity index (χ2n) is 6.58. The van der Waals surface area contributed by atoms with Gasteiger partial charge < -0.3 is 5.32 Å². The summed E-state index contributed by atoms with van der Waals surface area (Å²) in [5.74, 6) is 0.827. The normalized spacial score (nSPS) is 24.3. The van der Waals surface area contributed by atoms with Crippen LogP contribution in [-0.2, 0) is 6.54 Å². The molecule has 102 valence electrons. The van der Waals surface area contributed by atoms with Crippen molar-refractivity contribution in [1.82, 2.24) is 10.2 Å². The molecule has 2 rings (SSSR count). The van der Waals surface area contributed by atoms with Crippen LogP contribution in [0.25, 0.3) is 0 Å². The highest BCUT2D eigenvalue weighted by Crippen LogP contribution is 2.32. The Balaban J connectivity index is 1.79. The summed E-state index contributed by atoms with van der Waals surface area (Å²) in [6, 6.07) is 3.00. The van der Waals surface area contributed by atoms with Gasteiger partial charge in [0, 0.05) is 18.1 Å². The third-order valence-electron chi connectivity index (χ3n) is 3.85. The Kier molecular flexibility index (Phi) is 4.46. The maximum atomic E-state index is 3.64. The highest BCUT2D eigenvalue weighted by atomic mass is 32.1. The minimum absolute atomic E-state index is 0.242. The summed E-state index contributed by atoms with van der Waals surface area (Å²) >= 11 is 1.79. The minimum atomic E-state index is 0.242. The third kappa shape index (κ3) is 3.81. The molecule has 2 atom stereocenters. The highest BCUT2D eigenvalue weighted by Gasteiger charge is 2.34. The van der Waals surface area contributed by atoms with E-state index in [-0.39, 0.29) is 5.54 Å². The molecule has 1 aliphatic rings. The lowest BCUT2D eigenvalue weighted by Crippen LogP contribution is -2.51. The molecule has 0 amide bonds. The fourth-order valence-electron chi connectivity index (χ4n) is 2.59. The first-order valence-corrected chi connectivity index (χ1v) is 7.86. The fraction of sp³-hybridized carbons (Fsp3) is 0.733. The fourth-order valence-corrected chi connectivity index (χ4v) is 3.25. The Labute approximate surface area is 115 Å². The van der Waals surface area contributed by atoms with Crippen molar-refractivity contribution in [2.24, 2.45) is 5.92 Å². The molecule has 18 heavy (non-hydrogen) atoms. The largest absolute Gasteiger partial charge is 0.312 e. The number of hydrogen-bond donors (Lipinski definition) is 1. The zero-order chi connectivity index (χ0) is 13.2. The molecule has 1 aromatic heterocycles. The van der Waals surface area contributed by atoms with Crippen molar-refractivity contribution in [3.63, 3.8) is 0 Å². The van der Waals surface area contributed by atoms with E-state index in [0.717, 1.165) is 25.0 Å². The lowest BCUT2D eigenvalue weighted by Gasteiger charge is -2.44. The molecule has 0 radical (unpaired) electrons. The van der Waals surface area contributed by atoms with Crippen LogP contribution in [0.4, 0.5) is 0 Å². The Bertz CT molecular complexity index is 353. The van der Waals surface area contributed by atoms with Crippen LogP contribution in [0.1, 0.15) is 39.2 Å². The van der Waals surface area contributed by atoms with Gasteiger partial charge in [0.15, 0.2) is 0 Å². The van der Waals surface area contributed by atoms with Gasteiger partial charge in [-0.05, 0) is 75.5 Å². The van der Waals surface area contributed by atoms with E-state index in [4.69, 9.17) is 0 Å². The molecule has 0 aliphatic heterocycles. The molecular weight excluding hydrogens is 240 g/mol. The van der Waals surface area contributed by atoms with E-state index in [1.165, 1.54) is 18.4 Å². The quantitative estimate of drug-likeness (QED) is 0.879. The van der Waals surface area contributed by atoms with Crippen molar-refractivity contribution in [2.75, 3.05) is 13.6 Å². The van der Waals surface area contributed by atoms with E-state index in [1.807, 2.05) is 0 Å². The van der Waals surface area contributed by atoms with E-state index in [2.05, 4.69) is 54.9 Å². The predicted molar refractivity (Wildman–Crippen MR) is 80.1 cm³/mol. The Morgan fingerprint density at radius 3 is 2.67 bits per heavy atom. The molecule has 1 aliphatic carbocycles. The molecule has 1 heterocycles. The van der Waals surface area contributed by atoms with Crippen LogP contribution < -0.4 is 5.32 Å². The molecule has 1 aromatic rings. The first kappa shape index (κ1) is 14.0. The summed E-state index contributed by atoms with van der Waals surface area (Å²) < 4.78 is 0. The molecule has 0 spiro atoms. The van der Waals surface area contributed by atoms with Crippen molar-refractivity contribution < 1.29 is 0 Å². The molecule has 1 saturated carbocycles. The zero-order valence-corrected chi connectivity index (χ0v) is 12.9. The van der Waals surface area contributed by atoms with Crippen LogP contribution in [0.5, 0.6) is 0 Å². The lowest BCUT2D eigenvalue weighted by atomic mass is 9.78. The number of nitrogens with one attached hydrogen (secondary N) is 1. The Morgan fingerprint density at radius 2 is 2.17 bits per heavy atom. The van der Waals surface area contributed by atoms with Crippen molar-refractivity contribution in [3.8, 4) is 0 Å². The Hall–Kier alpha value is -0.380. The van der Waals surface area contributed by atoms with E-state index in [0.29, 0.717) is 0 Å². The first-order valence-electron chi connectivity index (χ1n) is 6.92. The molecular formula is C15H26N2S. The van der Waals surface area contributed by atoms with Crippen molar-refractivity contribution >= 4 is 11.3 Å². The van der Waals surface area contributed by atoms with Crippen molar-refractivity contribution in [3.05, 3.63) is 22.4 Å². The third-order valence-corrected chi connectivity index (χ3v) is 4.58. The highest BCUT2D eigenvalue weighted by molar-refractivity contribution is 7.07. The molecule has 2 nitrogen and oxygen atoms in total. The smallest absolute Gasteiger partial charge is 0.0242 e. The van der Waals surface area contributed by atoms with E-state index in [1.54, 1.807) is 11.3 Å². The van der Waals surface area contributed by atoms with Gasteiger partial charge in [0.2, 0.25) is 0 Å². The van der Waals surface area contributed by atoms with Crippen LogP contribution in [0.2, 0.25) is 0 Å². The Morgan fingerprint density at radius 1 is 1.39 bits per heavy atom. The standard InChI is InChI=1S/C15H26N2S/c1-15(2,3)16-9-13-5-6-14(13)17(4)10-12-7-8-18-11-12/h7-8,11,13-14,16H,5-6,9-10H2,1-4H3. The van der Waals surface area contributed by atoms with Gasteiger partial charge in [0.05, 0.1) is 0 Å². The number of nitrogens with zero attached hydrogens (tertiary/aromatic N) is 1. The first-order chi connectivity index (χ1) is 8.46. The van der Waals surface area contributed by atoms with Gasteiger partial charge >= 0.3 is 0 Å².